The summed E-state index contributed by atoms with van der Waals surface area (Å²) < 4.78 is 7.12. The zero-order chi connectivity index (χ0) is 18.8. The molecule has 0 saturated carbocycles. The van der Waals surface area contributed by atoms with Crippen LogP contribution in [0.3, 0.4) is 0 Å². The van der Waals surface area contributed by atoms with Crippen LogP contribution in [0.25, 0.3) is 27.6 Å². The van der Waals surface area contributed by atoms with Crippen molar-refractivity contribution < 1.29 is 4.74 Å². The number of fused-ring (bicyclic) bond motifs is 1. The Bertz CT molecular complexity index is 1120. The summed E-state index contributed by atoms with van der Waals surface area (Å²) in [5, 5.41) is 1.68. The summed E-state index contributed by atoms with van der Waals surface area (Å²) in [4.78, 5) is 17.8. The summed E-state index contributed by atoms with van der Waals surface area (Å²) >= 11 is 0. The molecule has 0 spiro atoms. The molecule has 0 amide bonds. The molecule has 0 N–H and O–H groups in total. The third-order valence-corrected chi connectivity index (χ3v) is 4.97. The van der Waals surface area contributed by atoms with Gasteiger partial charge in [-0.15, -0.1) is 0 Å². The van der Waals surface area contributed by atoms with Crippen LogP contribution in [0.1, 0.15) is 25.5 Å². The van der Waals surface area contributed by atoms with Crippen LogP contribution in [-0.4, -0.2) is 16.7 Å². The molecule has 0 radical (unpaired) electrons. The predicted octanol–water partition coefficient (Wildman–Crippen LogP) is 4.83. The molecule has 2 heterocycles. The van der Waals surface area contributed by atoms with Gasteiger partial charge in [0, 0.05) is 23.7 Å². The third kappa shape index (κ3) is 3.08. The fourth-order valence-electron chi connectivity index (χ4n) is 3.65. The van der Waals surface area contributed by atoms with Crippen molar-refractivity contribution in [2.75, 3.05) is 7.11 Å². The lowest BCUT2D eigenvalue weighted by Crippen LogP contribution is -2.23. The first kappa shape index (κ1) is 17.3. The largest absolute Gasteiger partial charge is 0.481 e. The van der Waals surface area contributed by atoms with E-state index in [4.69, 9.17) is 4.74 Å². The molecule has 2 aromatic heterocycles. The number of aromatic nitrogens is 2. The molecule has 4 nitrogen and oxygen atoms in total. The topological polar surface area (TPSA) is 44.1 Å². The first-order chi connectivity index (χ1) is 13.2. The van der Waals surface area contributed by atoms with E-state index < -0.39 is 0 Å². The highest BCUT2D eigenvalue weighted by atomic mass is 16.5. The molecule has 1 aliphatic rings. The lowest BCUT2D eigenvalue weighted by molar-refractivity contribution is 0.398. The molecule has 0 aliphatic heterocycles. The number of pyridine rings is 2. The molecule has 0 fully saturated rings. The summed E-state index contributed by atoms with van der Waals surface area (Å²) in [5.41, 5.74) is 3.83. The van der Waals surface area contributed by atoms with Crippen molar-refractivity contribution in [1.29, 1.82) is 0 Å². The van der Waals surface area contributed by atoms with Gasteiger partial charge in [-0.05, 0) is 54.0 Å². The van der Waals surface area contributed by atoms with Gasteiger partial charge >= 0.3 is 0 Å². The lowest BCUT2D eigenvalue weighted by atomic mass is 9.98. The van der Waals surface area contributed by atoms with Crippen molar-refractivity contribution in [3.05, 3.63) is 76.9 Å². The maximum atomic E-state index is 13.6. The van der Waals surface area contributed by atoms with E-state index in [1.54, 1.807) is 13.3 Å². The summed E-state index contributed by atoms with van der Waals surface area (Å²) in [5.74, 6) is 0.535. The van der Waals surface area contributed by atoms with Gasteiger partial charge in [0.2, 0.25) is 5.88 Å². The number of rotatable bonds is 4. The Balaban J connectivity index is 2.04. The smallest absolute Gasteiger partial charge is 0.263 e. The van der Waals surface area contributed by atoms with Gasteiger partial charge in [0.15, 0.2) is 0 Å². The van der Waals surface area contributed by atoms with E-state index in [9.17, 15) is 4.79 Å². The van der Waals surface area contributed by atoms with Gasteiger partial charge in [0.05, 0.1) is 12.5 Å². The van der Waals surface area contributed by atoms with Crippen LogP contribution in [0.5, 0.6) is 5.88 Å². The molecule has 0 bridgehead atoms. The van der Waals surface area contributed by atoms with Gasteiger partial charge in [-0.1, -0.05) is 37.3 Å². The van der Waals surface area contributed by atoms with E-state index in [-0.39, 0.29) is 5.56 Å². The highest BCUT2D eigenvalue weighted by Crippen LogP contribution is 2.29. The number of benzene rings is 1. The Morgan fingerprint density at radius 1 is 1.19 bits per heavy atom. The Kier molecular flexibility index (Phi) is 4.63. The van der Waals surface area contributed by atoms with E-state index in [1.807, 2.05) is 41.0 Å². The van der Waals surface area contributed by atoms with Crippen molar-refractivity contribution in [3.63, 3.8) is 0 Å². The number of nitrogens with zero attached hydrogens (tertiary/aromatic N) is 2. The average Bonchev–Trinajstić information content (AvgIpc) is 2.73. The number of aryl methyl sites for hydroxylation is 1. The molecule has 4 heteroatoms. The molecule has 0 atom stereocenters. The van der Waals surface area contributed by atoms with Crippen molar-refractivity contribution in [3.8, 4) is 17.0 Å². The number of allylic oxidation sites excluding steroid dienone is 4. The molecule has 136 valence electrons. The molecule has 0 unspecified atom stereocenters. The first-order valence-corrected chi connectivity index (χ1v) is 9.28. The van der Waals surface area contributed by atoms with E-state index in [1.165, 1.54) is 0 Å². The second kappa shape index (κ2) is 7.23. The molecule has 1 aromatic carbocycles. The van der Waals surface area contributed by atoms with E-state index in [0.717, 1.165) is 52.6 Å². The van der Waals surface area contributed by atoms with Gasteiger partial charge in [0.25, 0.3) is 5.56 Å². The van der Waals surface area contributed by atoms with Crippen LogP contribution in [0, 0.1) is 0 Å². The van der Waals surface area contributed by atoms with E-state index in [2.05, 4.69) is 30.1 Å². The molecular formula is C23H22N2O2. The second-order valence-electron chi connectivity index (χ2n) is 6.60. The Labute approximate surface area is 158 Å². The SMILES string of the molecule is CCc1cc2cccc(-c3ccnc(OC)c3)c2c(=O)n1C1=CCCC=C1. The minimum atomic E-state index is 0.0218. The Morgan fingerprint density at radius 2 is 2.07 bits per heavy atom. The molecule has 4 rings (SSSR count). The van der Waals surface area contributed by atoms with Gasteiger partial charge in [-0.3, -0.25) is 9.36 Å². The normalized spacial score (nSPS) is 13.6. The zero-order valence-corrected chi connectivity index (χ0v) is 15.6. The van der Waals surface area contributed by atoms with Crippen LogP contribution in [0.2, 0.25) is 0 Å². The maximum absolute atomic E-state index is 13.6. The van der Waals surface area contributed by atoms with Crippen LogP contribution in [-0.2, 0) is 6.42 Å². The van der Waals surface area contributed by atoms with Gasteiger partial charge < -0.3 is 4.74 Å². The standard InChI is InChI=1S/C23H22N2O2/c1-3-18-14-17-8-7-11-20(16-12-13-24-21(15-16)27-2)22(17)23(26)25(18)19-9-5-4-6-10-19/h5,7-15H,3-4,6H2,1-2H3. The fraction of sp³-hybridized carbons (Fsp3) is 0.217. The molecule has 3 aromatic rings. The van der Waals surface area contributed by atoms with Crippen molar-refractivity contribution >= 4 is 16.5 Å². The summed E-state index contributed by atoms with van der Waals surface area (Å²) in [6, 6.07) is 11.9. The van der Waals surface area contributed by atoms with Crippen LogP contribution in [0.4, 0.5) is 0 Å². The summed E-state index contributed by atoms with van der Waals surface area (Å²) in [6.07, 6.45) is 10.8. The first-order valence-electron chi connectivity index (χ1n) is 9.28. The average molecular weight is 358 g/mol. The lowest BCUT2D eigenvalue weighted by Gasteiger charge is -2.17. The number of hydrogen-bond donors (Lipinski definition) is 0. The molecule has 0 saturated heterocycles. The number of hydrogen-bond acceptors (Lipinski definition) is 3. The Morgan fingerprint density at radius 3 is 2.81 bits per heavy atom. The zero-order valence-electron chi connectivity index (χ0n) is 15.6. The summed E-state index contributed by atoms with van der Waals surface area (Å²) in [7, 11) is 1.59. The van der Waals surface area contributed by atoms with Gasteiger partial charge in [-0.25, -0.2) is 4.98 Å². The van der Waals surface area contributed by atoms with Crippen molar-refractivity contribution in [2.24, 2.45) is 0 Å². The minimum Gasteiger partial charge on any atom is -0.481 e. The van der Waals surface area contributed by atoms with Crippen LogP contribution >= 0.6 is 0 Å². The highest BCUT2D eigenvalue weighted by molar-refractivity contribution is 5.96. The van der Waals surface area contributed by atoms with Crippen molar-refractivity contribution in [1.82, 2.24) is 9.55 Å². The summed E-state index contributed by atoms with van der Waals surface area (Å²) in [6.45, 7) is 2.09. The maximum Gasteiger partial charge on any atom is 0.263 e. The second-order valence-corrected chi connectivity index (χ2v) is 6.60. The fourth-order valence-corrected chi connectivity index (χ4v) is 3.65. The van der Waals surface area contributed by atoms with E-state index in [0.29, 0.717) is 5.88 Å². The minimum absolute atomic E-state index is 0.0218. The molecular weight excluding hydrogens is 336 g/mol. The quantitative estimate of drug-likeness (QED) is 0.671. The molecule has 27 heavy (non-hydrogen) atoms. The highest BCUT2D eigenvalue weighted by Gasteiger charge is 2.15. The van der Waals surface area contributed by atoms with Crippen LogP contribution in [0.15, 0.2) is 65.6 Å². The van der Waals surface area contributed by atoms with E-state index >= 15 is 0 Å². The monoisotopic (exact) mass is 358 g/mol. The Hall–Kier alpha value is -3.14. The molecule has 1 aliphatic carbocycles. The predicted molar refractivity (Wildman–Crippen MR) is 110 cm³/mol. The third-order valence-electron chi connectivity index (χ3n) is 4.97. The van der Waals surface area contributed by atoms with Crippen molar-refractivity contribution in [2.45, 2.75) is 26.2 Å². The number of methoxy groups -OCH3 is 1. The van der Waals surface area contributed by atoms with Gasteiger partial charge in [-0.2, -0.15) is 0 Å². The van der Waals surface area contributed by atoms with Crippen LogP contribution < -0.4 is 10.3 Å². The number of ether oxygens (including phenoxy) is 1. The van der Waals surface area contributed by atoms with Gasteiger partial charge in [0.1, 0.15) is 0 Å².